The molecule has 0 bridgehead atoms. The lowest BCUT2D eigenvalue weighted by Crippen LogP contribution is -2.21. The first-order chi connectivity index (χ1) is 16.6. The molecule has 0 fully saturated rings. The third-order valence-corrected chi connectivity index (χ3v) is 5.01. The van der Waals surface area contributed by atoms with E-state index in [0.29, 0.717) is 29.5 Å². The number of ether oxygens (including phenoxy) is 2. The number of benzene rings is 2. The predicted octanol–water partition coefficient (Wildman–Crippen LogP) is 4.88. The molecule has 0 saturated heterocycles. The van der Waals surface area contributed by atoms with Crippen LogP contribution in [0.2, 0.25) is 0 Å². The van der Waals surface area contributed by atoms with Crippen LogP contribution in [0.5, 0.6) is 11.5 Å². The van der Waals surface area contributed by atoms with Crippen LogP contribution in [-0.2, 0) is 6.54 Å². The van der Waals surface area contributed by atoms with Gasteiger partial charge in [-0.05, 0) is 29.8 Å². The molecule has 0 amide bonds. The predicted molar refractivity (Wildman–Crippen MR) is 128 cm³/mol. The minimum atomic E-state index is -0.505. The molecule has 0 saturated carbocycles. The zero-order valence-electron chi connectivity index (χ0n) is 18.6. The van der Waals surface area contributed by atoms with Crippen LogP contribution >= 0.6 is 0 Å². The average Bonchev–Trinajstić information content (AvgIpc) is 2.88. The SMILES string of the molecule is COc1ccc(Nc2ncnc(N(Cc3ccccc3)c3ccccn3)c2[N+](=O)[O-])c(OC)c1. The summed E-state index contributed by atoms with van der Waals surface area (Å²) < 4.78 is 10.6. The molecule has 2 heterocycles. The van der Waals surface area contributed by atoms with Crippen LogP contribution in [-0.4, -0.2) is 34.1 Å². The Morgan fingerprint density at radius 3 is 2.44 bits per heavy atom. The minimum Gasteiger partial charge on any atom is -0.497 e. The van der Waals surface area contributed by atoms with Crippen molar-refractivity contribution in [2.45, 2.75) is 6.54 Å². The van der Waals surface area contributed by atoms with Crippen molar-refractivity contribution in [1.29, 1.82) is 0 Å². The van der Waals surface area contributed by atoms with Gasteiger partial charge in [-0.25, -0.2) is 15.0 Å². The molecule has 0 radical (unpaired) electrons. The van der Waals surface area contributed by atoms with Gasteiger partial charge in [0.25, 0.3) is 0 Å². The molecule has 4 rings (SSSR count). The normalized spacial score (nSPS) is 10.4. The van der Waals surface area contributed by atoms with Gasteiger partial charge < -0.3 is 19.7 Å². The van der Waals surface area contributed by atoms with E-state index in [1.54, 1.807) is 48.5 Å². The Bertz CT molecular complexity index is 1270. The number of pyridine rings is 1. The van der Waals surface area contributed by atoms with Gasteiger partial charge in [0, 0.05) is 12.3 Å². The Balaban J connectivity index is 1.81. The van der Waals surface area contributed by atoms with Crippen LogP contribution in [0.1, 0.15) is 5.56 Å². The van der Waals surface area contributed by atoms with Crippen molar-refractivity contribution < 1.29 is 14.4 Å². The number of anilines is 4. The summed E-state index contributed by atoms with van der Waals surface area (Å²) >= 11 is 0. The van der Waals surface area contributed by atoms with E-state index in [4.69, 9.17) is 9.47 Å². The fourth-order valence-corrected chi connectivity index (χ4v) is 3.40. The first kappa shape index (κ1) is 22.5. The summed E-state index contributed by atoms with van der Waals surface area (Å²) in [5.41, 5.74) is 1.14. The fraction of sp³-hybridized carbons (Fsp3) is 0.125. The molecule has 0 unspecified atom stereocenters. The van der Waals surface area contributed by atoms with Crippen molar-refractivity contribution in [3.63, 3.8) is 0 Å². The van der Waals surface area contributed by atoms with Gasteiger partial charge in [0.15, 0.2) is 0 Å². The average molecular weight is 458 g/mol. The first-order valence-electron chi connectivity index (χ1n) is 10.3. The first-order valence-corrected chi connectivity index (χ1v) is 10.3. The lowest BCUT2D eigenvalue weighted by Gasteiger charge is -2.23. The maximum absolute atomic E-state index is 12.3. The van der Waals surface area contributed by atoms with E-state index in [9.17, 15) is 10.1 Å². The minimum absolute atomic E-state index is 0.0208. The molecular formula is C24H22N6O4. The molecule has 10 nitrogen and oxygen atoms in total. The molecule has 0 aliphatic carbocycles. The van der Waals surface area contributed by atoms with Crippen LogP contribution in [0.25, 0.3) is 0 Å². The van der Waals surface area contributed by atoms with Gasteiger partial charge in [-0.3, -0.25) is 10.1 Å². The molecule has 0 atom stereocenters. The van der Waals surface area contributed by atoms with E-state index in [1.807, 2.05) is 36.4 Å². The van der Waals surface area contributed by atoms with Gasteiger partial charge in [0.2, 0.25) is 11.6 Å². The Hall–Kier alpha value is -4.73. The Morgan fingerprint density at radius 2 is 1.76 bits per heavy atom. The van der Waals surface area contributed by atoms with E-state index in [0.717, 1.165) is 5.56 Å². The molecule has 0 spiro atoms. The van der Waals surface area contributed by atoms with Crippen molar-refractivity contribution in [1.82, 2.24) is 15.0 Å². The second-order valence-corrected chi connectivity index (χ2v) is 7.10. The summed E-state index contributed by atoms with van der Waals surface area (Å²) in [5.74, 6) is 1.68. The summed E-state index contributed by atoms with van der Waals surface area (Å²) in [6.07, 6.45) is 2.91. The van der Waals surface area contributed by atoms with Gasteiger partial charge in [-0.15, -0.1) is 0 Å². The van der Waals surface area contributed by atoms with Crippen LogP contribution in [0.15, 0.2) is 79.3 Å². The molecular weight excluding hydrogens is 436 g/mol. The monoisotopic (exact) mass is 458 g/mol. The maximum atomic E-state index is 12.3. The number of nitro groups is 1. The van der Waals surface area contributed by atoms with E-state index in [-0.39, 0.29) is 17.3 Å². The van der Waals surface area contributed by atoms with Crippen LogP contribution in [0.4, 0.5) is 28.8 Å². The number of rotatable bonds is 9. The van der Waals surface area contributed by atoms with Crippen molar-refractivity contribution >= 4 is 28.8 Å². The summed E-state index contributed by atoms with van der Waals surface area (Å²) in [7, 11) is 3.05. The Morgan fingerprint density at radius 1 is 0.971 bits per heavy atom. The van der Waals surface area contributed by atoms with Crippen molar-refractivity contribution in [3.8, 4) is 11.5 Å². The number of hydrogen-bond acceptors (Lipinski definition) is 9. The zero-order valence-corrected chi connectivity index (χ0v) is 18.6. The molecule has 2 aromatic carbocycles. The van der Waals surface area contributed by atoms with E-state index in [2.05, 4.69) is 20.3 Å². The number of hydrogen-bond donors (Lipinski definition) is 1. The molecule has 2 aromatic heterocycles. The third kappa shape index (κ3) is 4.85. The molecule has 10 heteroatoms. The van der Waals surface area contributed by atoms with E-state index >= 15 is 0 Å². The Kier molecular flexibility index (Phi) is 6.78. The molecule has 0 aliphatic rings. The summed E-state index contributed by atoms with van der Waals surface area (Å²) in [6.45, 7) is 0.320. The van der Waals surface area contributed by atoms with Crippen molar-refractivity contribution in [2.75, 3.05) is 24.4 Å². The van der Waals surface area contributed by atoms with E-state index in [1.165, 1.54) is 13.4 Å². The second-order valence-electron chi connectivity index (χ2n) is 7.10. The van der Waals surface area contributed by atoms with Crippen LogP contribution < -0.4 is 19.7 Å². The van der Waals surface area contributed by atoms with E-state index < -0.39 is 4.92 Å². The number of aromatic nitrogens is 3. The van der Waals surface area contributed by atoms with Gasteiger partial charge >= 0.3 is 5.69 Å². The highest BCUT2D eigenvalue weighted by molar-refractivity contribution is 5.79. The third-order valence-electron chi connectivity index (χ3n) is 5.01. The summed E-state index contributed by atoms with van der Waals surface area (Å²) in [5, 5.41) is 15.3. The smallest absolute Gasteiger partial charge is 0.354 e. The summed E-state index contributed by atoms with van der Waals surface area (Å²) in [4.78, 5) is 26.3. The molecule has 1 N–H and O–H groups in total. The number of methoxy groups -OCH3 is 2. The highest BCUT2D eigenvalue weighted by atomic mass is 16.6. The van der Waals surface area contributed by atoms with Crippen molar-refractivity contribution in [2.24, 2.45) is 0 Å². The summed E-state index contributed by atoms with van der Waals surface area (Å²) in [6, 6.07) is 20.0. The lowest BCUT2D eigenvalue weighted by atomic mass is 10.2. The quantitative estimate of drug-likeness (QED) is 0.277. The topological polar surface area (TPSA) is 116 Å². The highest BCUT2D eigenvalue weighted by Crippen LogP contribution is 2.39. The second kappa shape index (κ2) is 10.3. The largest absolute Gasteiger partial charge is 0.497 e. The fourth-order valence-electron chi connectivity index (χ4n) is 3.40. The molecule has 0 aliphatic heterocycles. The standard InChI is InChI=1S/C24H22N6O4/c1-33-18-11-12-19(20(14-18)34-2)28-23-22(30(31)32)24(27-16-26-23)29(21-10-6-7-13-25-21)15-17-8-4-3-5-9-17/h3-14,16H,15H2,1-2H3,(H,26,27,28). The molecule has 34 heavy (non-hydrogen) atoms. The van der Waals surface area contributed by atoms with Gasteiger partial charge in [-0.1, -0.05) is 36.4 Å². The molecule has 172 valence electrons. The number of nitrogens with one attached hydrogen (secondary N) is 1. The number of nitrogens with zero attached hydrogens (tertiary/aromatic N) is 5. The van der Waals surface area contributed by atoms with Crippen molar-refractivity contribution in [3.05, 3.63) is 94.9 Å². The maximum Gasteiger partial charge on any atom is 0.354 e. The van der Waals surface area contributed by atoms with Gasteiger partial charge in [-0.2, -0.15) is 0 Å². The highest BCUT2D eigenvalue weighted by Gasteiger charge is 2.29. The van der Waals surface area contributed by atoms with Gasteiger partial charge in [0.05, 0.1) is 31.4 Å². The Labute approximate surface area is 196 Å². The molecule has 4 aromatic rings. The zero-order chi connectivity index (χ0) is 23.9. The lowest BCUT2D eigenvalue weighted by molar-refractivity contribution is -0.383. The van der Waals surface area contributed by atoms with Crippen LogP contribution in [0, 0.1) is 10.1 Å². The van der Waals surface area contributed by atoms with Crippen LogP contribution in [0.3, 0.4) is 0 Å². The van der Waals surface area contributed by atoms with Gasteiger partial charge in [0.1, 0.15) is 23.6 Å².